The molecule has 15 heteroatoms. The largest absolute Gasteiger partial charge is 0.478 e. The van der Waals surface area contributed by atoms with Gasteiger partial charge in [-0.05, 0) is 12.1 Å². The van der Waals surface area contributed by atoms with Crippen molar-refractivity contribution in [2.45, 2.75) is 0 Å². The topological polar surface area (TPSA) is 218 Å². The first-order valence-electron chi connectivity index (χ1n) is 7.88. The third kappa shape index (κ3) is 4.62. The molecule has 0 unspecified atom stereocenters. The molecule has 161 valence electrons. The molecule has 14 nitrogen and oxygen atoms in total. The molecule has 0 saturated carbocycles. The van der Waals surface area contributed by atoms with Crippen LogP contribution in [0.2, 0.25) is 0 Å². The summed E-state index contributed by atoms with van der Waals surface area (Å²) < 4.78 is 0. The van der Waals surface area contributed by atoms with Gasteiger partial charge in [-0.2, -0.15) is 10.2 Å². The Morgan fingerprint density at radius 2 is 1.13 bits per heavy atom. The van der Waals surface area contributed by atoms with Crippen LogP contribution in [0.4, 0.5) is 11.4 Å². The molecular formula is C16H10CoN6O8. The first-order chi connectivity index (χ1) is 14.2. The molecule has 1 radical (unpaired) electrons. The van der Waals surface area contributed by atoms with E-state index in [1.165, 1.54) is 24.5 Å². The minimum absolute atomic E-state index is 0. The van der Waals surface area contributed by atoms with E-state index in [0.717, 1.165) is 12.1 Å². The number of nitro groups is 2. The second-order valence-electron chi connectivity index (χ2n) is 5.78. The van der Waals surface area contributed by atoms with Crippen molar-refractivity contribution in [3.8, 4) is 0 Å². The number of carboxylic acid groups (broad SMARTS) is 2. The van der Waals surface area contributed by atoms with Crippen molar-refractivity contribution < 1.29 is 46.4 Å². The summed E-state index contributed by atoms with van der Waals surface area (Å²) in [4.78, 5) is 41.4. The molecule has 0 amide bonds. The Labute approximate surface area is 180 Å². The molecule has 0 bridgehead atoms. The van der Waals surface area contributed by atoms with Crippen LogP contribution in [0.5, 0.6) is 0 Å². The van der Waals surface area contributed by atoms with E-state index in [0.29, 0.717) is 21.8 Å². The molecule has 2 aromatic carbocycles. The van der Waals surface area contributed by atoms with Crippen molar-refractivity contribution in [3.05, 3.63) is 68.0 Å². The fourth-order valence-corrected chi connectivity index (χ4v) is 2.61. The second kappa shape index (κ2) is 8.97. The summed E-state index contributed by atoms with van der Waals surface area (Å²) in [5.74, 6) is -2.43. The zero-order valence-electron chi connectivity index (χ0n) is 14.9. The van der Waals surface area contributed by atoms with Crippen LogP contribution >= 0.6 is 0 Å². The van der Waals surface area contributed by atoms with Crippen LogP contribution in [0, 0.1) is 20.2 Å². The molecule has 0 saturated heterocycles. The Morgan fingerprint density at radius 3 is 1.42 bits per heavy atom. The van der Waals surface area contributed by atoms with Gasteiger partial charge in [0.15, 0.2) is 0 Å². The summed E-state index contributed by atoms with van der Waals surface area (Å²) in [6, 6.07) is 4.63. The molecule has 0 spiro atoms. The predicted octanol–water partition coefficient (Wildman–Crippen LogP) is 2.34. The zero-order valence-corrected chi connectivity index (χ0v) is 16.0. The summed E-state index contributed by atoms with van der Waals surface area (Å²) in [7, 11) is 0. The number of H-pyrrole nitrogens is 2. The molecule has 2 aromatic heterocycles. The van der Waals surface area contributed by atoms with Crippen LogP contribution < -0.4 is 0 Å². The summed E-state index contributed by atoms with van der Waals surface area (Å²) in [6.45, 7) is 0. The summed E-state index contributed by atoms with van der Waals surface area (Å²) in [6.07, 6.45) is 2.58. The quantitative estimate of drug-likeness (QED) is 0.250. The van der Waals surface area contributed by atoms with Gasteiger partial charge in [0, 0.05) is 28.9 Å². The monoisotopic (exact) mass is 473 g/mol. The normalized spacial score (nSPS) is 10.1. The van der Waals surface area contributed by atoms with Gasteiger partial charge in [0.05, 0.1) is 55.2 Å². The van der Waals surface area contributed by atoms with Gasteiger partial charge in [-0.3, -0.25) is 30.4 Å². The number of benzene rings is 2. The molecule has 0 aliphatic rings. The maximum absolute atomic E-state index is 10.7. The van der Waals surface area contributed by atoms with E-state index in [-0.39, 0.29) is 39.3 Å². The molecule has 0 aliphatic heterocycles. The SMILES string of the molecule is O=C(O)c1cc([N+](=O)[O-])c2cn[nH]c2c1.O=C(O)c1cc([N+](=O)[O-])c2cn[nH]c2c1.[Co]. The Hall–Kier alpha value is -4.37. The smallest absolute Gasteiger partial charge is 0.336 e. The summed E-state index contributed by atoms with van der Waals surface area (Å²) in [5, 5.41) is 51.6. The first kappa shape index (κ1) is 22.9. The molecule has 0 fully saturated rings. The Bertz CT molecular complexity index is 1230. The van der Waals surface area contributed by atoms with Crippen molar-refractivity contribution in [3.63, 3.8) is 0 Å². The molecule has 0 atom stereocenters. The minimum atomic E-state index is -1.21. The van der Waals surface area contributed by atoms with Crippen LogP contribution in [-0.2, 0) is 16.8 Å². The van der Waals surface area contributed by atoms with E-state index < -0.39 is 21.8 Å². The van der Waals surface area contributed by atoms with Crippen molar-refractivity contribution in [2.24, 2.45) is 0 Å². The van der Waals surface area contributed by atoms with Crippen LogP contribution in [0.3, 0.4) is 0 Å². The van der Waals surface area contributed by atoms with Crippen molar-refractivity contribution in [2.75, 3.05) is 0 Å². The molecule has 31 heavy (non-hydrogen) atoms. The standard InChI is InChI=1S/2C8H5N3O4.Co/c2*12-8(13)4-1-6-5(3-9-10-6)7(2-4)11(14)15;/h2*1-3H,(H,9,10)(H,12,13);. The van der Waals surface area contributed by atoms with Crippen LogP contribution in [0.15, 0.2) is 36.7 Å². The van der Waals surface area contributed by atoms with E-state index in [1.807, 2.05) is 0 Å². The van der Waals surface area contributed by atoms with Crippen LogP contribution in [-0.4, -0.2) is 52.4 Å². The van der Waals surface area contributed by atoms with Crippen molar-refractivity contribution in [1.82, 2.24) is 20.4 Å². The van der Waals surface area contributed by atoms with Gasteiger partial charge in [-0.15, -0.1) is 0 Å². The third-order valence-electron chi connectivity index (χ3n) is 3.96. The predicted molar refractivity (Wildman–Crippen MR) is 99.4 cm³/mol. The Balaban J connectivity index is 0.000000213. The molecule has 4 aromatic rings. The number of rotatable bonds is 4. The van der Waals surface area contributed by atoms with Gasteiger partial charge >= 0.3 is 11.9 Å². The number of carboxylic acids is 2. The number of nitrogens with zero attached hydrogens (tertiary/aromatic N) is 4. The van der Waals surface area contributed by atoms with E-state index in [1.54, 1.807) is 0 Å². The van der Waals surface area contributed by atoms with Gasteiger partial charge < -0.3 is 10.2 Å². The van der Waals surface area contributed by atoms with Crippen molar-refractivity contribution in [1.29, 1.82) is 0 Å². The number of aromatic amines is 2. The van der Waals surface area contributed by atoms with E-state index >= 15 is 0 Å². The summed E-state index contributed by atoms with van der Waals surface area (Å²) >= 11 is 0. The van der Waals surface area contributed by atoms with Gasteiger partial charge in [-0.1, -0.05) is 0 Å². The average Bonchev–Trinajstić information content (AvgIpc) is 3.35. The van der Waals surface area contributed by atoms with Crippen LogP contribution in [0.25, 0.3) is 21.8 Å². The second-order valence-corrected chi connectivity index (χ2v) is 5.78. The number of nitro benzene ring substituents is 2. The van der Waals surface area contributed by atoms with Gasteiger partial charge in [0.25, 0.3) is 11.4 Å². The molecule has 2 heterocycles. The number of hydrogen-bond donors (Lipinski definition) is 4. The fourth-order valence-electron chi connectivity index (χ4n) is 2.61. The Morgan fingerprint density at radius 1 is 0.774 bits per heavy atom. The maximum atomic E-state index is 10.7. The fraction of sp³-hybridized carbons (Fsp3) is 0. The van der Waals surface area contributed by atoms with Gasteiger partial charge in [-0.25, -0.2) is 9.59 Å². The maximum Gasteiger partial charge on any atom is 0.336 e. The third-order valence-corrected chi connectivity index (χ3v) is 3.96. The average molecular weight is 473 g/mol. The number of aromatic carboxylic acids is 2. The number of hydrogen-bond acceptors (Lipinski definition) is 8. The number of fused-ring (bicyclic) bond motifs is 2. The number of nitrogens with one attached hydrogen (secondary N) is 2. The molecule has 4 N–H and O–H groups in total. The number of non-ortho nitro benzene ring substituents is 2. The van der Waals surface area contributed by atoms with E-state index in [2.05, 4.69) is 20.4 Å². The molecular weight excluding hydrogens is 463 g/mol. The van der Waals surface area contributed by atoms with Gasteiger partial charge in [0.2, 0.25) is 0 Å². The van der Waals surface area contributed by atoms with Crippen LogP contribution in [0.1, 0.15) is 20.7 Å². The first-order valence-corrected chi connectivity index (χ1v) is 7.88. The van der Waals surface area contributed by atoms with E-state index in [4.69, 9.17) is 10.2 Å². The molecule has 4 rings (SSSR count). The minimum Gasteiger partial charge on any atom is -0.478 e. The zero-order chi connectivity index (χ0) is 22.0. The van der Waals surface area contributed by atoms with E-state index in [9.17, 15) is 29.8 Å². The van der Waals surface area contributed by atoms with Crippen molar-refractivity contribution >= 4 is 45.1 Å². The number of aromatic nitrogens is 4. The number of carbonyl (C=O) groups is 2. The summed E-state index contributed by atoms with van der Waals surface area (Å²) in [5.41, 5.74) is -0.141. The van der Waals surface area contributed by atoms with Gasteiger partial charge in [0.1, 0.15) is 0 Å². The molecule has 0 aliphatic carbocycles. The Kier molecular flexibility index (Phi) is 6.63.